The van der Waals surface area contributed by atoms with Crippen molar-refractivity contribution < 1.29 is 14.0 Å². The lowest BCUT2D eigenvalue weighted by Crippen LogP contribution is -2.49. The van der Waals surface area contributed by atoms with Crippen molar-refractivity contribution in [1.82, 2.24) is 15.3 Å². The van der Waals surface area contributed by atoms with Gasteiger partial charge in [0, 0.05) is 40.7 Å². The smallest absolute Gasteiger partial charge is 0.256 e. The zero-order valence-corrected chi connectivity index (χ0v) is 20.5. The number of nitrogens with zero attached hydrogens (tertiary/aromatic N) is 1. The van der Waals surface area contributed by atoms with E-state index < -0.39 is 17.3 Å². The molecule has 0 bridgehead atoms. The Hall–Kier alpha value is -4.72. The maximum Gasteiger partial charge on any atom is 0.256 e. The summed E-state index contributed by atoms with van der Waals surface area (Å²) in [5.41, 5.74) is 4.61. The van der Waals surface area contributed by atoms with Gasteiger partial charge in [-0.3, -0.25) is 9.59 Å². The molecule has 4 aromatic rings. The molecule has 0 atom stereocenters. The van der Waals surface area contributed by atoms with E-state index in [1.165, 1.54) is 24.3 Å². The molecule has 186 valence electrons. The summed E-state index contributed by atoms with van der Waals surface area (Å²) in [6.07, 6.45) is 2.21. The number of aromatic amines is 1. The van der Waals surface area contributed by atoms with Gasteiger partial charge in [-0.2, -0.15) is 0 Å². The first-order valence-corrected chi connectivity index (χ1v) is 11.8. The second kappa shape index (κ2) is 9.39. The third-order valence-electron chi connectivity index (χ3n) is 6.18. The average molecular weight is 496 g/mol. The van der Waals surface area contributed by atoms with Gasteiger partial charge in [0.2, 0.25) is 0 Å². The summed E-state index contributed by atoms with van der Waals surface area (Å²) >= 11 is 0. The van der Waals surface area contributed by atoms with Crippen LogP contribution in [0.15, 0.2) is 79.5 Å². The molecule has 2 aromatic heterocycles. The fourth-order valence-corrected chi connectivity index (χ4v) is 4.43. The number of halogens is 1. The van der Waals surface area contributed by atoms with Gasteiger partial charge < -0.3 is 20.9 Å². The van der Waals surface area contributed by atoms with E-state index in [-0.39, 0.29) is 11.5 Å². The second-order valence-corrected chi connectivity index (χ2v) is 9.60. The molecule has 0 aliphatic carbocycles. The van der Waals surface area contributed by atoms with E-state index in [1.54, 1.807) is 18.3 Å². The highest BCUT2D eigenvalue weighted by atomic mass is 19.1. The number of carbonyl (C=O) groups excluding carboxylic acids is 2. The summed E-state index contributed by atoms with van der Waals surface area (Å²) in [7, 11) is 0. The number of aromatic nitrogens is 2. The van der Waals surface area contributed by atoms with Crippen LogP contribution < -0.4 is 16.0 Å². The molecule has 1 aliphatic heterocycles. The fourth-order valence-electron chi connectivity index (χ4n) is 4.43. The molecular formula is C29H26FN5O2. The third-order valence-corrected chi connectivity index (χ3v) is 6.18. The van der Waals surface area contributed by atoms with Crippen LogP contribution in [0.5, 0.6) is 0 Å². The van der Waals surface area contributed by atoms with Gasteiger partial charge in [-0.1, -0.05) is 36.9 Å². The molecule has 3 heterocycles. The monoisotopic (exact) mass is 495 g/mol. The first-order valence-electron chi connectivity index (χ1n) is 11.8. The number of nitrogens with one attached hydrogen (secondary N) is 4. The quantitative estimate of drug-likeness (QED) is 0.259. The summed E-state index contributed by atoms with van der Waals surface area (Å²) in [6, 6.07) is 18.7. The normalized spacial score (nSPS) is 13.9. The molecular weight excluding hydrogens is 469 g/mol. The number of rotatable bonds is 6. The van der Waals surface area contributed by atoms with E-state index in [4.69, 9.17) is 0 Å². The minimum absolute atomic E-state index is 0.162. The lowest BCUT2D eigenvalue weighted by molar-refractivity contribution is -0.111. The number of carbonyl (C=O) groups is 2. The van der Waals surface area contributed by atoms with Crippen molar-refractivity contribution >= 4 is 34.6 Å². The predicted molar refractivity (Wildman–Crippen MR) is 143 cm³/mol. The molecule has 8 heteroatoms. The number of benzene rings is 2. The third kappa shape index (κ3) is 4.99. The fraction of sp³-hybridized carbons (Fsp3) is 0.138. The van der Waals surface area contributed by atoms with Crippen LogP contribution in [0.4, 0.5) is 21.6 Å². The molecule has 0 spiro atoms. The van der Waals surface area contributed by atoms with Gasteiger partial charge in [0.05, 0.1) is 16.9 Å². The van der Waals surface area contributed by atoms with Crippen LogP contribution in [0.3, 0.4) is 0 Å². The highest BCUT2D eigenvalue weighted by molar-refractivity contribution is 6.24. The van der Waals surface area contributed by atoms with Crippen molar-refractivity contribution in [1.29, 1.82) is 0 Å². The number of amides is 2. The minimum atomic E-state index is -0.453. The van der Waals surface area contributed by atoms with Crippen LogP contribution in [0.1, 0.15) is 35.5 Å². The predicted octanol–water partition coefficient (Wildman–Crippen LogP) is 5.68. The molecule has 0 unspecified atom stereocenters. The Morgan fingerprint density at radius 2 is 1.81 bits per heavy atom. The Morgan fingerprint density at radius 1 is 1.08 bits per heavy atom. The van der Waals surface area contributed by atoms with Gasteiger partial charge in [-0.15, -0.1) is 0 Å². The summed E-state index contributed by atoms with van der Waals surface area (Å²) in [5, 5.41) is 9.23. The Labute approximate surface area is 213 Å². The van der Waals surface area contributed by atoms with Crippen molar-refractivity contribution in [2.45, 2.75) is 25.8 Å². The topological polar surface area (TPSA) is 98.9 Å². The molecule has 2 aromatic carbocycles. The molecule has 4 N–H and O–H groups in total. The molecule has 0 saturated heterocycles. The SMILES string of the molecule is C=C(C(=O)Nc1cc(-c2[nH]c3c(c2Nc2ccccc2)C(=O)NC(C)(C)C3)ccn1)c1ccc(F)cc1. The van der Waals surface area contributed by atoms with Crippen LogP contribution in [-0.2, 0) is 11.2 Å². The summed E-state index contributed by atoms with van der Waals surface area (Å²) in [6.45, 7) is 7.79. The van der Waals surface area contributed by atoms with E-state index in [0.29, 0.717) is 34.7 Å². The molecule has 7 nitrogen and oxygen atoms in total. The number of anilines is 3. The summed E-state index contributed by atoms with van der Waals surface area (Å²) < 4.78 is 13.3. The Morgan fingerprint density at radius 3 is 2.54 bits per heavy atom. The Bertz CT molecular complexity index is 1510. The molecule has 0 radical (unpaired) electrons. The van der Waals surface area contributed by atoms with E-state index in [1.807, 2.05) is 44.2 Å². The summed E-state index contributed by atoms with van der Waals surface area (Å²) in [4.78, 5) is 33.7. The average Bonchev–Trinajstić information content (AvgIpc) is 3.22. The first-order chi connectivity index (χ1) is 17.7. The number of pyridine rings is 1. The molecule has 1 aliphatic rings. The second-order valence-electron chi connectivity index (χ2n) is 9.60. The standard InChI is InChI=1S/C29H26FN5O2/c1-17(18-9-11-20(30)12-10-18)27(36)34-23-15-19(13-14-31-23)25-26(32-21-7-5-4-6-8-21)24-22(33-25)16-29(2,3)35-28(24)37/h4-15,32-33H,1,16H2,2-3H3,(H,35,37)(H,31,34,36). The molecule has 0 fully saturated rings. The van der Waals surface area contributed by atoms with Crippen molar-refractivity contribution in [2.24, 2.45) is 0 Å². The maximum atomic E-state index is 13.3. The first kappa shape index (κ1) is 24.0. The van der Waals surface area contributed by atoms with Gasteiger partial charge >= 0.3 is 0 Å². The number of fused-ring (bicyclic) bond motifs is 1. The highest BCUT2D eigenvalue weighted by Crippen LogP contribution is 2.39. The zero-order valence-electron chi connectivity index (χ0n) is 20.5. The molecule has 5 rings (SSSR count). The van der Waals surface area contributed by atoms with Crippen LogP contribution in [0.25, 0.3) is 16.8 Å². The number of H-pyrrole nitrogens is 1. The van der Waals surface area contributed by atoms with Crippen LogP contribution in [0, 0.1) is 5.82 Å². The van der Waals surface area contributed by atoms with E-state index in [0.717, 1.165) is 16.9 Å². The van der Waals surface area contributed by atoms with Gasteiger partial charge in [-0.05, 0) is 55.8 Å². The largest absolute Gasteiger partial charge is 0.356 e. The minimum Gasteiger partial charge on any atom is -0.356 e. The van der Waals surface area contributed by atoms with Gasteiger partial charge in [-0.25, -0.2) is 9.37 Å². The molecule has 0 saturated carbocycles. The van der Waals surface area contributed by atoms with Crippen molar-refractivity contribution in [2.75, 3.05) is 10.6 Å². The van der Waals surface area contributed by atoms with Gasteiger partial charge in [0.25, 0.3) is 11.8 Å². The zero-order chi connectivity index (χ0) is 26.2. The van der Waals surface area contributed by atoms with E-state index >= 15 is 0 Å². The van der Waals surface area contributed by atoms with Crippen LogP contribution in [-0.4, -0.2) is 27.3 Å². The van der Waals surface area contributed by atoms with Crippen molar-refractivity contribution in [3.8, 4) is 11.3 Å². The van der Waals surface area contributed by atoms with Crippen molar-refractivity contribution in [3.05, 3.63) is 102 Å². The highest BCUT2D eigenvalue weighted by Gasteiger charge is 2.35. The van der Waals surface area contributed by atoms with E-state index in [2.05, 4.69) is 32.5 Å². The summed E-state index contributed by atoms with van der Waals surface area (Å²) in [5.74, 6) is -0.693. The van der Waals surface area contributed by atoms with Gasteiger partial charge in [0.15, 0.2) is 0 Å². The lowest BCUT2D eigenvalue weighted by atomic mass is 9.91. The molecule has 2 amide bonds. The number of para-hydroxylation sites is 1. The van der Waals surface area contributed by atoms with Gasteiger partial charge in [0.1, 0.15) is 11.6 Å². The van der Waals surface area contributed by atoms with E-state index in [9.17, 15) is 14.0 Å². The van der Waals surface area contributed by atoms with Crippen LogP contribution >= 0.6 is 0 Å². The van der Waals surface area contributed by atoms with Crippen molar-refractivity contribution in [3.63, 3.8) is 0 Å². The number of hydrogen-bond acceptors (Lipinski definition) is 4. The lowest BCUT2D eigenvalue weighted by Gasteiger charge is -2.30. The Kier molecular flexibility index (Phi) is 6.09. The Balaban J connectivity index is 1.49. The molecule has 37 heavy (non-hydrogen) atoms. The van der Waals surface area contributed by atoms with Crippen LogP contribution in [0.2, 0.25) is 0 Å². The maximum absolute atomic E-state index is 13.3. The number of hydrogen-bond donors (Lipinski definition) is 4.